The van der Waals surface area contributed by atoms with Crippen molar-refractivity contribution in [3.8, 4) is 0 Å². The molecule has 29 heavy (non-hydrogen) atoms. The van der Waals surface area contributed by atoms with Crippen LogP contribution in [0.4, 0.5) is 0 Å². The number of hydrogen-bond donors (Lipinski definition) is 2. The lowest BCUT2D eigenvalue weighted by molar-refractivity contribution is 0.0843. The predicted octanol–water partition coefficient (Wildman–Crippen LogP) is 2.13. The zero-order chi connectivity index (χ0) is 20.4. The van der Waals surface area contributed by atoms with E-state index in [0.29, 0.717) is 29.3 Å². The lowest BCUT2D eigenvalue weighted by Gasteiger charge is -2.11. The van der Waals surface area contributed by atoms with Gasteiger partial charge < -0.3 is 4.40 Å². The monoisotopic (exact) mass is 389 g/mol. The SMILES string of the molecule is CCCn1nc(C(=O)NNC(=O)c2cc3ccccn3c2)c2ccccc2c1=O. The number of carbonyl (C=O) groups excluding carboxylic acids is 2. The minimum absolute atomic E-state index is 0.0796. The van der Waals surface area contributed by atoms with Crippen LogP contribution in [-0.4, -0.2) is 26.0 Å². The normalized spacial score (nSPS) is 10.9. The molecule has 3 heterocycles. The van der Waals surface area contributed by atoms with Crippen LogP contribution < -0.4 is 16.4 Å². The molecule has 0 spiro atoms. The predicted molar refractivity (Wildman–Crippen MR) is 109 cm³/mol. The highest BCUT2D eigenvalue weighted by Crippen LogP contribution is 2.13. The Labute approximate surface area is 165 Å². The van der Waals surface area contributed by atoms with Crippen LogP contribution in [0.5, 0.6) is 0 Å². The van der Waals surface area contributed by atoms with E-state index in [1.54, 1.807) is 36.5 Å². The van der Waals surface area contributed by atoms with Crippen molar-refractivity contribution in [2.75, 3.05) is 0 Å². The lowest BCUT2D eigenvalue weighted by atomic mass is 10.1. The largest absolute Gasteiger partial charge is 0.323 e. The van der Waals surface area contributed by atoms with Crippen LogP contribution in [0.15, 0.2) is 65.7 Å². The summed E-state index contributed by atoms with van der Waals surface area (Å²) < 4.78 is 3.09. The number of hydrogen-bond acceptors (Lipinski definition) is 4. The van der Waals surface area contributed by atoms with Crippen molar-refractivity contribution in [2.24, 2.45) is 0 Å². The zero-order valence-corrected chi connectivity index (χ0v) is 15.8. The summed E-state index contributed by atoms with van der Waals surface area (Å²) in [7, 11) is 0. The van der Waals surface area contributed by atoms with Crippen LogP contribution in [0.3, 0.4) is 0 Å². The van der Waals surface area contributed by atoms with Crippen molar-refractivity contribution in [1.82, 2.24) is 25.0 Å². The summed E-state index contributed by atoms with van der Waals surface area (Å²) >= 11 is 0. The van der Waals surface area contributed by atoms with Gasteiger partial charge in [-0.1, -0.05) is 31.2 Å². The fraction of sp³-hybridized carbons (Fsp3) is 0.143. The van der Waals surface area contributed by atoms with Crippen molar-refractivity contribution >= 4 is 28.1 Å². The molecule has 0 atom stereocenters. The van der Waals surface area contributed by atoms with Gasteiger partial charge in [0.05, 0.1) is 10.9 Å². The Bertz CT molecular complexity index is 1260. The first-order chi connectivity index (χ1) is 14.1. The maximum atomic E-state index is 12.7. The smallest absolute Gasteiger partial charge is 0.290 e. The molecular weight excluding hydrogens is 370 g/mol. The Morgan fingerprint density at radius 1 is 1.00 bits per heavy atom. The highest BCUT2D eigenvalue weighted by Gasteiger charge is 2.17. The van der Waals surface area contributed by atoms with Crippen molar-refractivity contribution in [3.05, 3.63) is 82.5 Å². The molecule has 0 aliphatic carbocycles. The molecule has 146 valence electrons. The van der Waals surface area contributed by atoms with E-state index in [-0.39, 0.29) is 11.3 Å². The molecule has 1 aromatic carbocycles. The van der Waals surface area contributed by atoms with Gasteiger partial charge >= 0.3 is 0 Å². The van der Waals surface area contributed by atoms with Crippen molar-refractivity contribution in [1.29, 1.82) is 0 Å². The maximum Gasteiger partial charge on any atom is 0.290 e. The number of fused-ring (bicyclic) bond motifs is 2. The molecule has 0 saturated heterocycles. The summed E-state index contributed by atoms with van der Waals surface area (Å²) in [5.74, 6) is -1.04. The molecule has 0 aliphatic heterocycles. The Morgan fingerprint density at radius 2 is 1.72 bits per heavy atom. The molecule has 4 rings (SSSR count). The maximum absolute atomic E-state index is 12.7. The van der Waals surface area contributed by atoms with Crippen molar-refractivity contribution < 1.29 is 9.59 Å². The molecule has 3 aromatic heterocycles. The van der Waals surface area contributed by atoms with Crippen LogP contribution in [-0.2, 0) is 6.54 Å². The Morgan fingerprint density at radius 3 is 2.48 bits per heavy atom. The number of pyridine rings is 1. The third-order valence-electron chi connectivity index (χ3n) is 4.57. The molecular formula is C21H19N5O3. The van der Waals surface area contributed by atoms with Gasteiger partial charge in [-0.15, -0.1) is 0 Å². The zero-order valence-electron chi connectivity index (χ0n) is 15.8. The third-order valence-corrected chi connectivity index (χ3v) is 4.57. The average molecular weight is 389 g/mol. The van der Waals surface area contributed by atoms with Crippen molar-refractivity contribution in [2.45, 2.75) is 19.9 Å². The molecule has 0 aliphatic rings. The minimum Gasteiger partial charge on any atom is -0.323 e. The van der Waals surface area contributed by atoms with Crippen LogP contribution in [0.25, 0.3) is 16.3 Å². The van der Waals surface area contributed by atoms with E-state index >= 15 is 0 Å². The molecule has 0 unspecified atom stereocenters. The summed E-state index contributed by atoms with van der Waals surface area (Å²) in [6.45, 7) is 2.32. The van der Waals surface area contributed by atoms with E-state index in [4.69, 9.17) is 0 Å². The van der Waals surface area contributed by atoms with Gasteiger partial charge in [0, 0.05) is 29.8 Å². The number of carbonyl (C=O) groups is 2. The standard InChI is InChI=1S/C21H19N5O3/c1-2-10-26-21(29)17-9-4-3-8-16(17)18(24-26)20(28)23-22-19(27)14-12-15-7-5-6-11-25(15)13-14/h3-9,11-13H,2,10H2,1H3,(H,22,27)(H,23,28). The van der Waals surface area contributed by atoms with Gasteiger partial charge in [-0.25, -0.2) is 4.68 Å². The number of hydrazine groups is 1. The highest BCUT2D eigenvalue weighted by molar-refractivity contribution is 6.06. The molecule has 2 amide bonds. The topological polar surface area (TPSA) is 97.5 Å². The Balaban J connectivity index is 1.59. The van der Waals surface area contributed by atoms with Gasteiger partial charge in [-0.2, -0.15) is 5.10 Å². The third kappa shape index (κ3) is 3.47. The van der Waals surface area contributed by atoms with Gasteiger partial charge in [-0.3, -0.25) is 25.2 Å². The van der Waals surface area contributed by atoms with Crippen LogP contribution >= 0.6 is 0 Å². The second kappa shape index (κ2) is 7.59. The molecule has 4 aromatic rings. The summed E-state index contributed by atoms with van der Waals surface area (Å²) in [5.41, 5.74) is 5.91. The summed E-state index contributed by atoms with van der Waals surface area (Å²) in [6.07, 6.45) is 4.20. The van der Waals surface area contributed by atoms with E-state index in [9.17, 15) is 14.4 Å². The number of rotatable bonds is 4. The number of amides is 2. The number of nitrogens with one attached hydrogen (secondary N) is 2. The average Bonchev–Trinajstić information content (AvgIpc) is 3.18. The van der Waals surface area contributed by atoms with Crippen LogP contribution in [0, 0.1) is 0 Å². The van der Waals surface area contributed by atoms with E-state index in [0.717, 1.165) is 5.52 Å². The molecule has 0 bridgehead atoms. The van der Waals surface area contributed by atoms with Gasteiger partial charge in [0.25, 0.3) is 17.4 Å². The summed E-state index contributed by atoms with van der Waals surface area (Å²) in [5, 5.41) is 5.06. The number of aromatic nitrogens is 3. The number of nitrogens with zero attached hydrogens (tertiary/aromatic N) is 3. The minimum atomic E-state index is -0.594. The van der Waals surface area contributed by atoms with E-state index in [2.05, 4.69) is 16.0 Å². The molecule has 0 radical (unpaired) electrons. The van der Waals surface area contributed by atoms with Gasteiger partial charge in [0.1, 0.15) is 0 Å². The van der Waals surface area contributed by atoms with Gasteiger partial charge in [0.2, 0.25) is 0 Å². The van der Waals surface area contributed by atoms with Gasteiger partial charge in [-0.05, 0) is 30.7 Å². The molecule has 0 fully saturated rings. The van der Waals surface area contributed by atoms with Crippen LogP contribution in [0.1, 0.15) is 34.2 Å². The second-order valence-electron chi connectivity index (χ2n) is 6.59. The molecule has 8 heteroatoms. The molecule has 2 N–H and O–H groups in total. The van der Waals surface area contributed by atoms with Crippen LogP contribution in [0.2, 0.25) is 0 Å². The first kappa shape index (κ1) is 18.4. The first-order valence-corrected chi connectivity index (χ1v) is 9.25. The fourth-order valence-electron chi connectivity index (χ4n) is 3.19. The number of benzene rings is 1. The molecule has 8 nitrogen and oxygen atoms in total. The van der Waals surface area contributed by atoms with Crippen molar-refractivity contribution in [3.63, 3.8) is 0 Å². The fourth-order valence-corrected chi connectivity index (χ4v) is 3.19. The van der Waals surface area contributed by atoms with E-state index in [1.165, 1.54) is 4.68 Å². The Hall–Kier alpha value is -3.94. The first-order valence-electron chi connectivity index (χ1n) is 9.25. The van der Waals surface area contributed by atoms with E-state index < -0.39 is 11.8 Å². The quantitative estimate of drug-likeness (QED) is 0.523. The number of aryl methyl sites for hydroxylation is 1. The summed E-state index contributed by atoms with van der Waals surface area (Å²) in [4.78, 5) is 37.7. The van der Waals surface area contributed by atoms with Gasteiger partial charge in [0.15, 0.2) is 5.69 Å². The van der Waals surface area contributed by atoms with E-state index in [1.807, 2.05) is 35.7 Å². The Kier molecular flexibility index (Phi) is 4.82. The lowest BCUT2D eigenvalue weighted by Crippen LogP contribution is -2.42. The second-order valence-corrected chi connectivity index (χ2v) is 6.59. The molecule has 0 saturated carbocycles. The highest BCUT2D eigenvalue weighted by atomic mass is 16.2. The summed E-state index contributed by atoms with van der Waals surface area (Å²) in [6, 6.07) is 14.1.